The van der Waals surface area contributed by atoms with Crippen LogP contribution in [0.15, 0.2) is 112 Å². The van der Waals surface area contributed by atoms with Crippen molar-refractivity contribution in [3.8, 4) is 0 Å². The number of hydrogen-bond acceptors (Lipinski definition) is 3. The Labute approximate surface area is 243 Å². The first-order valence-electron chi connectivity index (χ1n) is 14.6. The summed E-state index contributed by atoms with van der Waals surface area (Å²) in [6, 6.07) is 19.9. The number of benzene rings is 3. The van der Waals surface area contributed by atoms with E-state index in [1.807, 2.05) is 13.1 Å². The molecular weight excluding hydrogens is 519 g/mol. The van der Waals surface area contributed by atoms with Gasteiger partial charge < -0.3 is 10.2 Å². The van der Waals surface area contributed by atoms with Crippen molar-refractivity contribution in [2.45, 2.75) is 50.6 Å². The van der Waals surface area contributed by atoms with Crippen molar-refractivity contribution >= 4 is 53.3 Å². The highest BCUT2D eigenvalue weighted by molar-refractivity contribution is 7.48. The predicted octanol–water partition coefficient (Wildman–Crippen LogP) is 8.74. The molecule has 2 unspecified atom stereocenters. The van der Waals surface area contributed by atoms with Crippen LogP contribution in [0.1, 0.15) is 55.4 Å². The van der Waals surface area contributed by atoms with Crippen molar-refractivity contribution in [1.82, 2.24) is 0 Å². The van der Waals surface area contributed by atoms with Gasteiger partial charge in [0, 0.05) is 33.5 Å². The average molecular weight is 555 g/mol. The molecule has 0 fully saturated rings. The van der Waals surface area contributed by atoms with Gasteiger partial charge in [-0.15, -0.1) is 0 Å². The van der Waals surface area contributed by atoms with Crippen LogP contribution in [-0.2, 0) is 11.8 Å². The van der Waals surface area contributed by atoms with E-state index in [1.54, 1.807) is 0 Å². The monoisotopic (exact) mass is 554 g/mol. The van der Waals surface area contributed by atoms with E-state index < -0.39 is 0 Å². The van der Waals surface area contributed by atoms with Gasteiger partial charge in [-0.25, -0.2) is 0 Å². The van der Waals surface area contributed by atoms with E-state index >= 15 is 0 Å². The lowest BCUT2D eigenvalue weighted by Crippen LogP contribution is -2.28. The first kappa shape index (κ1) is 26.0. The van der Waals surface area contributed by atoms with Gasteiger partial charge in [-0.1, -0.05) is 87.5 Å². The molecule has 0 saturated carbocycles. The van der Waals surface area contributed by atoms with Gasteiger partial charge in [0.25, 0.3) is 0 Å². The molecule has 3 aliphatic rings. The van der Waals surface area contributed by atoms with Crippen LogP contribution in [-0.4, -0.2) is 11.9 Å². The van der Waals surface area contributed by atoms with E-state index in [0.717, 1.165) is 56.0 Å². The molecule has 3 aromatic carbocycles. The number of fused-ring (bicyclic) bond motifs is 4. The van der Waals surface area contributed by atoms with Crippen LogP contribution in [0, 0.1) is 0 Å². The zero-order valence-electron chi connectivity index (χ0n) is 23.7. The molecule has 7 rings (SSSR count). The summed E-state index contributed by atoms with van der Waals surface area (Å²) in [4.78, 5) is 4.61. The molecule has 2 N–H and O–H groups in total. The lowest BCUT2D eigenvalue weighted by atomic mass is 9.70. The predicted molar refractivity (Wildman–Crippen MR) is 177 cm³/mol. The molecule has 3 nitrogen and oxygen atoms in total. The third-order valence-electron chi connectivity index (χ3n) is 8.87. The van der Waals surface area contributed by atoms with Crippen molar-refractivity contribution < 1.29 is 4.42 Å². The SMILES string of the molecule is CC=NC1=C(N)c2cc3oc4ccc([C@]5(C/C=C\C=C/C)C=CC(Pc6ccccc6)CC5)cc4c3c3c2C1=CC3. The quantitative estimate of drug-likeness (QED) is 0.107. The Balaban J connectivity index is 1.31. The number of nitrogens with two attached hydrogens (primary N) is 1. The number of furan rings is 1. The topological polar surface area (TPSA) is 51.5 Å². The van der Waals surface area contributed by atoms with Crippen LogP contribution in [0.4, 0.5) is 0 Å². The minimum Gasteiger partial charge on any atom is -0.456 e. The molecular formula is C37H35N2OP. The second kappa shape index (κ2) is 10.5. The Morgan fingerprint density at radius 2 is 1.95 bits per heavy atom. The Hall–Kier alpha value is -3.94. The lowest BCUT2D eigenvalue weighted by molar-refractivity contribution is 0.463. The number of allylic oxidation sites excluding steroid dienone is 8. The largest absolute Gasteiger partial charge is 0.456 e. The average Bonchev–Trinajstić information content (AvgIpc) is 3.67. The highest BCUT2D eigenvalue weighted by atomic mass is 31.1. The molecule has 1 heterocycles. The van der Waals surface area contributed by atoms with Crippen LogP contribution in [0.2, 0.25) is 0 Å². The Morgan fingerprint density at radius 1 is 1.07 bits per heavy atom. The summed E-state index contributed by atoms with van der Waals surface area (Å²) in [5, 5.41) is 3.87. The van der Waals surface area contributed by atoms with Gasteiger partial charge in [-0.3, -0.25) is 4.99 Å². The summed E-state index contributed by atoms with van der Waals surface area (Å²) < 4.78 is 6.47. The van der Waals surface area contributed by atoms with Crippen LogP contribution in [0.5, 0.6) is 0 Å². The van der Waals surface area contributed by atoms with Crippen molar-refractivity contribution in [2.75, 3.05) is 0 Å². The van der Waals surface area contributed by atoms with E-state index in [9.17, 15) is 0 Å². The molecule has 0 spiro atoms. The first-order chi connectivity index (χ1) is 20.1. The third-order valence-corrected chi connectivity index (χ3v) is 10.4. The fourth-order valence-electron chi connectivity index (χ4n) is 6.87. The van der Waals surface area contributed by atoms with Gasteiger partial charge >= 0.3 is 0 Å². The van der Waals surface area contributed by atoms with Gasteiger partial charge in [0.15, 0.2) is 0 Å². The number of hydrogen-bond donors (Lipinski definition) is 1. The van der Waals surface area contributed by atoms with Crippen molar-refractivity contribution in [1.29, 1.82) is 0 Å². The fourth-order valence-corrected chi connectivity index (χ4v) is 8.17. The Bertz CT molecular complexity index is 1850. The van der Waals surface area contributed by atoms with E-state index in [4.69, 9.17) is 10.2 Å². The molecule has 41 heavy (non-hydrogen) atoms. The maximum atomic E-state index is 6.59. The first-order valence-corrected chi connectivity index (χ1v) is 15.7. The van der Waals surface area contributed by atoms with E-state index in [2.05, 4.69) is 109 Å². The lowest BCUT2D eigenvalue weighted by Gasteiger charge is -2.36. The summed E-state index contributed by atoms with van der Waals surface area (Å²) in [5.74, 6) is 0. The summed E-state index contributed by atoms with van der Waals surface area (Å²) >= 11 is 0. The van der Waals surface area contributed by atoms with E-state index in [-0.39, 0.29) is 5.41 Å². The van der Waals surface area contributed by atoms with Crippen molar-refractivity contribution in [3.63, 3.8) is 0 Å². The summed E-state index contributed by atoms with van der Waals surface area (Å²) in [6.45, 7) is 4.00. The zero-order chi connectivity index (χ0) is 28.0. The molecule has 204 valence electrons. The number of rotatable bonds is 7. The zero-order valence-corrected chi connectivity index (χ0v) is 24.7. The second-order valence-electron chi connectivity index (χ2n) is 11.3. The molecule has 1 aromatic heterocycles. The molecule has 0 bridgehead atoms. The maximum absolute atomic E-state index is 6.59. The Kier molecular flexibility index (Phi) is 6.64. The fraction of sp³-hybridized carbons (Fsp3) is 0.216. The minimum absolute atomic E-state index is 0.0387. The van der Waals surface area contributed by atoms with Crippen molar-refractivity contribution in [3.05, 3.63) is 125 Å². The molecule has 0 amide bonds. The number of nitrogens with zero attached hydrogens (tertiary/aromatic N) is 1. The second-order valence-corrected chi connectivity index (χ2v) is 12.9. The highest BCUT2D eigenvalue weighted by Gasteiger charge is 2.35. The van der Waals surface area contributed by atoms with Gasteiger partial charge in [0.1, 0.15) is 11.2 Å². The summed E-state index contributed by atoms with van der Waals surface area (Å²) in [5.41, 5.74) is 16.8. The van der Waals surface area contributed by atoms with Crippen LogP contribution in [0.25, 0.3) is 33.2 Å². The summed E-state index contributed by atoms with van der Waals surface area (Å²) in [6.07, 6.45) is 22.0. The van der Waals surface area contributed by atoms with E-state index in [1.165, 1.54) is 44.8 Å². The number of aliphatic imine (C=N–C) groups is 1. The van der Waals surface area contributed by atoms with Crippen LogP contribution in [0.3, 0.4) is 0 Å². The summed E-state index contributed by atoms with van der Waals surface area (Å²) in [7, 11) is 0.807. The van der Waals surface area contributed by atoms with Gasteiger partial charge in [0.05, 0.1) is 11.4 Å². The van der Waals surface area contributed by atoms with Crippen LogP contribution < -0.4 is 11.0 Å². The maximum Gasteiger partial charge on any atom is 0.136 e. The van der Waals surface area contributed by atoms with Crippen molar-refractivity contribution in [2.24, 2.45) is 10.7 Å². The van der Waals surface area contributed by atoms with Gasteiger partial charge in [-0.2, -0.15) is 0 Å². The van der Waals surface area contributed by atoms with E-state index in [0.29, 0.717) is 5.66 Å². The molecule has 0 aliphatic heterocycles. The smallest absolute Gasteiger partial charge is 0.136 e. The van der Waals surface area contributed by atoms with Crippen LogP contribution >= 0.6 is 8.58 Å². The molecule has 4 heteroatoms. The standard InChI is InChI=1S/C37H35N2OP/c1-3-5-6-10-19-37(20-17-26(18-21-37)41-25-11-8-7-9-12-25)24-13-16-31-29(22-24)34-27-14-15-28-33(27)30(23-32(34)40-31)35(38)36(28)39-4-2/h3-13,15-17,20,22-23,26,41H,14,18-19,21,38H2,1-2H3/b5-3-,10-6-,39-4?/t26?,37-/m1/s1. The Morgan fingerprint density at radius 3 is 2.73 bits per heavy atom. The normalized spacial score (nSPS) is 22.2. The molecule has 4 aromatic rings. The third kappa shape index (κ3) is 4.35. The minimum atomic E-state index is -0.0387. The molecule has 0 radical (unpaired) electrons. The molecule has 3 aliphatic carbocycles. The van der Waals surface area contributed by atoms with Gasteiger partial charge in [-0.05, 0) is 85.4 Å². The highest BCUT2D eigenvalue weighted by Crippen LogP contribution is 2.50. The molecule has 3 atom stereocenters. The van der Waals surface area contributed by atoms with Gasteiger partial charge in [0.2, 0.25) is 0 Å². The molecule has 0 saturated heterocycles.